The largest absolute Gasteiger partial charge is 0.480 e. The first-order valence-electron chi connectivity index (χ1n) is 8.27. The van der Waals surface area contributed by atoms with E-state index in [0.29, 0.717) is 5.75 Å². The zero-order valence-electron chi connectivity index (χ0n) is 14.8. The van der Waals surface area contributed by atoms with Crippen LogP contribution in [0.5, 0.6) is 0 Å². The number of aliphatic carboxylic acids is 2. The second-order valence-corrected chi connectivity index (χ2v) is 6.59. The van der Waals surface area contributed by atoms with E-state index in [-0.39, 0.29) is 18.6 Å². The minimum Gasteiger partial charge on any atom is -0.480 e. The van der Waals surface area contributed by atoms with Crippen LogP contribution in [0.15, 0.2) is 12.2 Å². The Hall–Kier alpha value is -2.07. The lowest BCUT2D eigenvalue weighted by molar-refractivity contribution is -0.139. The number of thioether (sulfide) groups is 1. The molecule has 0 saturated carbocycles. The number of unbranched alkanes of at least 4 members (excludes halogenated alkanes) is 1. The maximum atomic E-state index is 12.1. The fraction of sp³-hybridized carbons (Fsp3) is 0.625. The summed E-state index contributed by atoms with van der Waals surface area (Å²) >= 11 is 1.42. The van der Waals surface area contributed by atoms with E-state index in [1.807, 2.05) is 12.2 Å². The van der Waals surface area contributed by atoms with Gasteiger partial charge in [-0.25, -0.2) is 0 Å². The molecule has 0 aliphatic rings. The van der Waals surface area contributed by atoms with Gasteiger partial charge in [0.2, 0.25) is 11.8 Å². The molecule has 0 rings (SSSR count). The number of carbonyl (C=O) groups is 4. The van der Waals surface area contributed by atoms with Crippen molar-refractivity contribution in [2.75, 3.05) is 18.1 Å². The number of carboxylic acids is 2. The van der Waals surface area contributed by atoms with Crippen molar-refractivity contribution in [3.63, 3.8) is 0 Å². The second kappa shape index (κ2) is 14.1. The molecule has 0 fully saturated rings. The quantitative estimate of drug-likeness (QED) is 0.204. The first kappa shape index (κ1) is 23.9. The lowest BCUT2D eigenvalue weighted by Crippen LogP contribution is -2.49. The molecule has 0 aliphatic heterocycles. The Morgan fingerprint density at radius 1 is 1.19 bits per heavy atom. The molecule has 0 aliphatic carbocycles. The number of rotatable bonds is 14. The summed E-state index contributed by atoms with van der Waals surface area (Å²) in [6, 6.07) is -2.06. The van der Waals surface area contributed by atoms with Crippen LogP contribution in [0, 0.1) is 0 Å². The average molecular weight is 389 g/mol. The minimum absolute atomic E-state index is 0.0580. The predicted molar refractivity (Wildman–Crippen MR) is 98.8 cm³/mol. The molecule has 0 aromatic carbocycles. The lowest BCUT2D eigenvalue weighted by atomic mass is 10.1. The van der Waals surface area contributed by atoms with Crippen LogP contribution in [0.25, 0.3) is 0 Å². The highest BCUT2D eigenvalue weighted by Gasteiger charge is 2.22. The van der Waals surface area contributed by atoms with Crippen LogP contribution in [0.4, 0.5) is 0 Å². The highest BCUT2D eigenvalue weighted by molar-refractivity contribution is 7.99. The Balaban J connectivity index is 4.55. The first-order valence-corrected chi connectivity index (χ1v) is 9.43. The number of amides is 2. The molecule has 0 aromatic rings. The van der Waals surface area contributed by atoms with Crippen molar-refractivity contribution < 1.29 is 29.4 Å². The van der Waals surface area contributed by atoms with Crippen molar-refractivity contribution in [2.45, 2.75) is 44.7 Å². The summed E-state index contributed by atoms with van der Waals surface area (Å²) in [7, 11) is 0. The molecule has 9 nitrogen and oxygen atoms in total. The van der Waals surface area contributed by atoms with Gasteiger partial charge < -0.3 is 26.6 Å². The van der Waals surface area contributed by atoms with Gasteiger partial charge in [-0.05, 0) is 12.8 Å². The van der Waals surface area contributed by atoms with Crippen molar-refractivity contribution in [2.24, 2.45) is 5.73 Å². The smallest absolute Gasteiger partial charge is 0.322 e. The van der Waals surface area contributed by atoms with E-state index in [0.717, 1.165) is 12.8 Å². The van der Waals surface area contributed by atoms with Crippen molar-refractivity contribution in [3.8, 4) is 0 Å². The topological polar surface area (TPSA) is 159 Å². The molecule has 2 atom stereocenters. The normalized spacial score (nSPS) is 13.2. The number of carbonyl (C=O) groups excluding carboxylic acids is 2. The summed E-state index contributed by atoms with van der Waals surface area (Å²) in [5, 5.41) is 22.1. The Bertz CT molecular complexity index is 512. The molecule has 0 unspecified atom stereocenters. The molecule has 148 valence electrons. The van der Waals surface area contributed by atoms with Gasteiger partial charge in [0, 0.05) is 17.9 Å². The van der Waals surface area contributed by atoms with Crippen LogP contribution in [0.1, 0.15) is 32.6 Å². The minimum atomic E-state index is -1.21. The van der Waals surface area contributed by atoms with E-state index in [1.165, 1.54) is 11.8 Å². The van der Waals surface area contributed by atoms with Crippen molar-refractivity contribution in [1.29, 1.82) is 0 Å². The van der Waals surface area contributed by atoms with Gasteiger partial charge in [0.25, 0.3) is 0 Å². The molecule has 0 aromatic heterocycles. The third-order valence-electron chi connectivity index (χ3n) is 3.19. The second-order valence-electron chi connectivity index (χ2n) is 5.51. The summed E-state index contributed by atoms with van der Waals surface area (Å²) < 4.78 is 0. The van der Waals surface area contributed by atoms with Crippen molar-refractivity contribution in [3.05, 3.63) is 12.2 Å². The average Bonchev–Trinajstić information content (AvgIpc) is 2.59. The van der Waals surface area contributed by atoms with Crippen LogP contribution in [-0.4, -0.2) is 64.1 Å². The lowest BCUT2D eigenvalue weighted by Gasteiger charge is -2.18. The molecule has 0 bridgehead atoms. The highest BCUT2D eigenvalue weighted by atomic mass is 32.2. The molecule has 2 amide bonds. The fourth-order valence-electron chi connectivity index (χ4n) is 1.75. The molecule has 0 saturated heterocycles. The number of nitrogens with one attached hydrogen (secondary N) is 2. The number of allylic oxidation sites excluding steroid dienone is 1. The summed E-state index contributed by atoms with van der Waals surface area (Å²) in [6.45, 7) is 1.52. The van der Waals surface area contributed by atoms with Gasteiger partial charge in [0.1, 0.15) is 18.6 Å². The van der Waals surface area contributed by atoms with Gasteiger partial charge in [-0.15, -0.1) is 0 Å². The molecular formula is C16H27N3O6S. The van der Waals surface area contributed by atoms with Crippen LogP contribution < -0.4 is 16.4 Å². The summed E-state index contributed by atoms with van der Waals surface area (Å²) in [6.07, 6.45) is 5.79. The van der Waals surface area contributed by atoms with Crippen molar-refractivity contribution >= 4 is 35.5 Å². The Morgan fingerprint density at radius 2 is 1.88 bits per heavy atom. The van der Waals surface area contributed by atoms with Crippen LogP contribution in [-0.2, 0) is 19.2 Å². The van der Waals surface area contributed by atoms with E-state index in [9.17, 15) is 19.2 Å². The Kier molecular flexibility index (Phi) is 13.0. The van der Waals surface area contributed by atoms with Crippen LogP contribution in [0.2, 0.25) is 0 Å². The van der Waals surface area contributed by atoms with Gasteiger partial charge in [0.15, 0.2) is 0 Å². The number of nitrogens with two attached hydrogens (primary N) is 1. The summed E-state index contributed by atoms with van der Waals surface area (Å²) in [5.74, 6) is -2.59. The van der Waals surface area contributed by atoms with Crippen LogP contribution in [0.3, 0.4) is 0 Å². The molecule has 26 heavy (non-hydrogen) atoms. The molecule has 0 radical (unpaired) electrons. The third kappa shape index (κ3) is 12.3. The zero-order chi connectivity index (χ0) is 19.9. The molecule has 6 N–H and O–H groups in total. The van der Waals surface area contributed by atoms with Gasteiger partial charge in [-0.1, -0.05) is 25.5 Å². The molecule has 0 spiro atoms. The maximum Gasteiger partial charge on any atom is 0.322 e. The Labute approximate surface area is 156 Å². The Morgan fingerprint density at radius 3 is 2.46 bits per heavy atom. The monoisotopic (exact) mass is 389 g/mol. The molecule has 10 heteroatoms. The van der Waals surface area contributed by atoms with E-state index >= 15 is 0 Å². The standard InChI is InChI=1S/C16H27N3O6S/c1-2-3-4-5-8-26-10-12(15(23)18-9-14(21)22)19-13(20)7-6-11(17)16(24)25/h4-5,11-12H,2-3,6-10,17H2,1H3,(H,18,23)(H,19,20)(H,21,22)(H,24,25)/t11-,12-/m0/s1. The first-order chi connectivity index (χ1) is 12.3. The van der Waals surface area contributed by atoms with E-state index in [4.69, 9.17) is 15.9 Å². The van der Waals surface area contributed by atoms with Crippen molar-refractivity contribution in [1.82, 2.24) is 10.6 Å². The van der Waals surface area contributed by atoms with Gasteiger partial charge in [0.05, 0.1) is 0 Å². The third-order valence-corrected chi connectivity index (χ3v) is 4.18. The van der Waals surface area contributed by atoms with Gasteiger partial charge in [-0.2, -0.15) is 11.8 Å². The van der Waals surface area contributed by atoms with Gasteiger partial charge in [-0.3, -0.25) is 19.2 Å². The summed E-state index contributed by atoms with van der Waals surface area (Å²) in [5.41, 5.74) is 5.34. The zero-order valence-corrected chi connectivity index (χ0v) is 15.6. The predicted octanol–water partition coefficient (Wildman–Crippen LogP) is -0.0464. The highest BCUT2D eigenvalue weighted by Crippen LogP contribution is 2.06. The van der Waals surface area contributed by atoms with E-state index in [2.05, 4.69) is 17.6 Å². The summed E-state index contributed by atoms with van der Waals surface area (Å²) in [4.78, 5) is 45.2. The SMILES string of the molecule is CCCC=CCSC[C@H](NC(=O)CC[C@H](N)C(=O)O)C(=O)NCC(=O)O. The fourth-order valence-corrected chi connectivity index (χ4v) is 2.63. The van der Waals surface area contributed by atoms with E-state index < -0.39 is 42.4 Å². The molecular weight excluding hydrogens is 362 g/mol. The van der Waals surface area contributed by atoms with Gasteiger partial charge >= 0.3 is 11.9 Å². The molecule has 0 heterocycles. The van der Waals surface area contributed by atoms with E-state index in [1.54, 1.807) is 0 Å². The number of hydrogen-bond acceptors (Lipinski definition) is 6. The maximum absolute atomic E-state index is 12.1. The number of carboxylic acid groups (broad SMARTS) is 2. The van der Waals surface area contributed by atoms with Crippen LogP contribution >= 0.6 is 11.8 Å². The number of hydrogen-bond donors (Lipinski definition) is 5.